The molecule has 0 unspecified atom stereocenters. The summed E-state index contributed by atoms with van der Waals surface area (Å²) in [6.45, 7) is 1.31. The van der Waals surface area contributed by atoms with Gasteiger partial charge in [0.25, 0.3) is 5.69 Å². The van der Waals surface area contributed by atoms with Crippen LogP contribution in [-0.4, -0.2) is 18.0 Å². The van der Waals surface area contributed by atoms with Crippen LogP contribution in [0, 0.1) is 15.9 Å². The summed E-state index contributed by atoms with van der Waals surface area (Å²) in [7, 11) is 0. The molecule has 0 bridgehead atoms. The van der Waals surface area contributed by atoms with Crippen molar-refractivity contribution in [3.05, 3.63) is 81.7 Å². The van der Waals surface area contributed by atoms with E-state index in [0.29, 0.717) is 18.7 Å². The fraction of sp³-hybridized carbons (Fsp3) is 0.176. The third-order valence-electron chi connectivity index (χ3n) is 3.17. The van der Waals surface area contributed by atoms with Crippen molar-refractivity contribution in [3.63, 3.8) is 0 Å². The Morgan fingerprint density at radius 2 is 2.00 bits per heavy atom. The van der Waals surface area contributed by atoms with Gasteiger partial charge in [-0.25, -0.2) is 4.39 Å². The molecule has 5 heteroatoms. The Hall–Kier alpha value is -2.53. The fourth-order valence-corrected chi connectivity index (χ4v) is 2.09. The van der Waals surface area contributed by atoms with Crippen LogP contribution in [0.4, 0.5) is 10.1 Å². The number of nitrogens with zero attached hydrogens (tertiary/aromatic N) is 1. The van der Waals surface area contributed by atoms with Gasteiger partial charge in [0.05, 0.1) is 10.5 Å². The van der Waals surface area contributed by atoms with Gasteiger partial charge in [-0.15, -0.1) is 0 Å². The quantitative estimate of drug-likeness (QED) is 0.483. The van der Waals surface area contributed by atoms with E-state index in [4.69, 9.17) is 0 Å². The Labute approximate surface area is 128 Å². The van der Waals surface area contributed by atoms with Gasteiger partial charge in [-0.2, -0.15) is 0 Å². The van der Waals surface area contributed by atoms with Gasteiger partial charge in [0, 0.05) is 12.6 Å². The van der Waals surface area contributed by atoms with E-state index in [1.54, 1.807) is 30.3 Å². The van der Waals surface area contributed by atoms with Gasteiger partial charge in [0.15, 0.2) is 0 Å². The smallest absolute Gasteiger partial charge is 0.276 e. The highest BCUT2D eigenvalue weighted by Crippen LogP contribution is 2.18. The first kappa shape index (κ1) is 15.9. The molecule has 0 radical (unpaired) electrons. The van der Waals surface area contributed by atoms with Gasteiger partial charge >= 0.3 is 0 Å². The first-order valence-electron chi connectivity index (χ1n) is 7.02. The predicted octanol–water partition coefficient (Wildman–Crippen LogP) is 3.58. The summed E-state index contributed by atoms with van der Waals surface area (Å²) in [5.74, 6) is -0.228. The van der Waals surface area contributed by atoms with Crippen LogP contribution in [0.2, 0.25) is 0 Å². The molecule has 114 valence electrons. The topological polar surface area (TPSA) is 55.2 Å². The van der Waals surface area contributed by atoms with Crippen molar-refractivity contribution in [2.45, 2.75) is 6.42 Å². The van der Waals surface area contributed by atoms with E-state index < -0.39 is 4.92 Å². The Morgan fingerprint density at radius 1 is 1.18 bits per heavy atom. The standard InChI is InChI=1S/C17H17FN2O2/c18-16-8-3-5-14(13-16)10-12-19-11-4-7-15-6-1-2-9-17(15)20(21)22/h1-9,13,19H,10-12H2. The van der Waals surface area contributed by atoms with E-state index in [2.05, 4.69) is 5.32 Å². The lowest BCUT2D eigenvalue weighted by Crippen LogP contribution is -2.16. The molecule has 0 spiro atoms. The number of nitro benzene ring substituents is 1. The van der Waals surface area contributed by atoms with Gasteiger partial charge in [-0.3, -0.25) is 10.1 Å². The van der Waals surface area contributed by atoms with Crippen molar-refractivity contribution in [1.29, 1.82) is 0 Å². The van der Waals surface area contributed by atoms with Crippen molar-refractivity contribution in [3.8, 4) is 0 Å². The van der Waals surface area contributed by atoms with Crippen molar-refractivity contribution in [2.75, 3.05) is 13.1 Å². The number of hydrogen-bond donors (Lipinski definition) is 1. The number of para-hydroxylation sites is 1. The molecule has 22 heavy (non-hydrogen) atoms. The second-order valence-corrected chi connectivity index (χ2v) is 4.80. The van der Waals surface area contributed by atoms with E-state index in [0.717, 1.165) is 12.0 Å². The molecule has 2 rings (SSSR count). The summed E-state index contributed by atoms with van der Waals surface area (Å²) in [5, 5.41) is 14.1. The molecule has 0 saturated carbocycles. The molecule has 0 amide bonds. The van der Waals surface area contributed by atoms with E-state index in [-0.39, 0.29) is 11.5 Å². The lowest BCUT2D eigenvalue weighted by Gasteiger charge is -2.02. The minimum atomic E-state index is -0.392. The average Bonchev–Trinajstić information content (AvgIpc) is 2.51. The summed E-state index contributed by atoms with van der Waals surface area (Å²) in [4.78, 5) is 10.5. The van der Waals surface area contributed by atoms with Crippen molar-refractivity contribution in [2.24, 2.45) is 0 Å². The zero-order valence-electron chi connectivity index (χ0n) is 12.0. The van der Waals surface area contributed by atoms with Crippen LogP contribution < -0.4 is 5.32 Å². The Kier molecular flexibility index (Phi) is 5.80. The summed E-state index contributed by atoms with van der Waals surface area (Å²) >= 11 is 0. The highest BCUT2D eigenvalue weighted by molar-refractivity contribution is 5.60. The second-order valence-electron chi connectivity index (χ2n) is 4.80. The van der Waals surface area contributed by atoms with Crippen molar-refractivity contribution in [1.82, 2.24) is 5.32 Å². The molecule has 0 aliphatic carbocycles. The van der Waals surface area contributed by atoms with Crippen LogP contribution in [0.15, 0.2) is 54.6 Å². The van der Waals surface area contributed by atoms with Gasteiger partial charge in [0.2, 0.25) is 0 Å². The molecule has 0 atom stereocenters. The molecular formula is C17H17FN2O2. The largest absolute Gasteiger partial charge is 0.313 e. The van der Waals surface area contributed by atoms with Crippen LogP contribution in [0.25, 0.3) is 6.08 Å². The van der Waals surface area contributed by atoms with E-state index in [1.807, 2.05) is 12.1 Å². The number of benzene rings is 2. The molecule has 4 nitrogen and oxygen atoms in total. The Balaban J connectivity index is 1.78. The highest BCUT2D eigenvalue weighted by Gasteiger charge is 2.08. The third kappa shape index (κ3) is 4.79. The number of halogens is 1. The van der Waals surface area contributed by atoms with Crippen LogP contribution in [0.3, 0.4) is 0 Å². The Bertz CT molecular complexity index is 671. The molecule has 2 aromatic carbocycles. The first-order chi connectivity index (χ1) is 10.7. The molecule has 0 fully saturated rings. The molecule has 0 heterocycles. The average molecular weight is 300 g/mol. The van der Waals surface area contributed by atoms with Crippen LogP contribution >= 0.6 is 0 Å². The zero-order valence-corrected chi connectivity index (χ0v) is 12.0. The monoisotopic (exact) mass is 300 g/mol. The van der Waals surface area contributed by atoms with E-state index in [1.165, 1.54) is 18.2 Å². The number of hydrogen-bond acceptors (Lipinski definition) is 3. The molecule has 0 aliphatic rings. The minimum absolute atomic E-state index is 0.0958. The van der Waals surface area contributed by atoms with Crippen molar-refractivity contribution >= 4 is 11.8 Å². The molecule has 2 aromatic rings. The summed E-state index contributed by atoms with van der Waals surface area (Å²) in [5.41, 5.74) is 1.62. The summed E-state index contributed by atoms with van der Waals surface area (Å²) in [6, 6.07) is 13.1. The molecule has 1 N–H and O–H groups in total. The van der Waals surface area contributed by atoms with Gasteiger partial charge < -0.3 is 5.32 Å². The van der Waals surface area contributed by atoms with Crippen LogP contribution in [0.5, 0.6) is 0 Å². The molecule has 0 saturated heterocycles. The molecule has 0 aromatic heterocycles. The summed E-state index contributed by atoms with van der Waals surface area (Å²) < 4.78 is 13.0. The zero-order chi connectivity index (χ0) is 15.8. The van der Waals surface area contributed by atoms with E-state index in [9.17, 15) is 14.5 Å². The van der Waals surface area contributed by atoms with E-state index >= 15 is 0 Å². The van der Waals surface area contributed by atoms with Gasteiger partial charge in [-0.1, -0.05) is 36.4 Å². The number of nitrogens with one attached hydrogen (secondary N) is 1. The number of rotatable bonds is 7. The third-order valence-corrected chi connectivity index (χ3v) is 3.17. The van der Waals surface area contributed by atoms with Crippen LogP contribution in [-0.2, 0) is 6.42 Å². The van der Waals surface area contributed by atoms with Gasteiger partial charge in [-0.05, 0) is 36.7 Å². The maximum absolute atomic E-state index is 13.0. The minimum Gasteiger partial charge on any atom is -0.313 e. The predicted molar refractivity (Wildman–Crippen MR) is 85.1 cm³/mol. The molecule has 0 aliphatic heterocycles. The second kappa shape index (κ2) is 8.05. The normalized spacial score (nSPS) is 11.0. The SMILES string of the molecule is O=[N+]([O-])c1ccccc1C=CCNCCc1cccc(F)c1. The maximum Gasteiger partial charge on any atom is 0.276 e. The summed E-state index contributed by atoms with van der Waals surface area (Å²) in [6.07, 6.45) is 4.30. The number of nitro groups is 1. The van der Waals surface area contributed by atoms with Crippen LogP contribution in [0.1, 0.15) is 11.1 Å². The molecular weight excluding hydrogens is 283 g/mol. The van der Waals surface area contributed by atoms with Gasteiger partial charge in [0.1, 0.15) is 5.82 Å². The lowest BCUT2D eigenvalue weighted by atomic mass is 10.1. The fourth-order valence-electron chi connectivity index (χ4n) is 2.09. The van der Waals surface area contributed by atoms with Crippen molar-refractivity contribution < 1.29 is 9.31 Å². The maximum atomic E-state index is 13.0. The Morgan fingerprint density at radius 3 is 2.77 bits per heavy atom. The first-order valence-corrected chi connectivity index (χ1v) is 7.02. The highest BCUT2D eigenvalue weighted by atomic mass is 19.1. The lowest BCUT2D eigenvalue weighted by molar-refractivity contribution is -0.385.